The topological polar surface area (TPSA) is 76.7 Å². The maximum atomic E-state index is 12.0. The van der Waals surface area contributed by atoms with Gasteiger partial charge in [0.05, 0.1) is 14.2 Å². The Morgan fingerprint density at radius 3 is 2.19 bits per heavy atom. The molecule has 0 radical (unpaired) electrons. The Bertz CT molecular complexity index is 785. The summed E-state index contributed by atoms with van der Waals surface area (Å²) in [6.07, 6.45) is 0.572. The normalized spacial score (nSPS) is 10.4. The van der Waals surface area contributed by atoms with Crippen LogP contribution in [0.4, 0.5) is 5.69 Å². The van der Waals surface area contributed by atoms with Crippen molar-refractivity contribution in [2.45, 2.75) is 26.2 Å². The molecule has 0 unspecified atom stereocenters. The Morgan fingerprint density at radius 1 is 0.926 bits per heavy atom. The zero-order chi connectivity index (χ0) is 19.8. The van der Waals surface area contributed by atoms with Gasteiger partial charge in [0.15, 0.2) is 11.5 Å². The van der Waals surface area contributed by atoms with Crippen LogP contribution in [-0.4, -0.2) is 32.6 Å². The van der Waals surface area contributed by atoms with Gasteiger partial charge in [-0.3, -0.25) is 9.59 Å². The number of hydrogen-bond donors (Lipinski definition) is 2. The van der Waals surface area contributed by atoms with Gasteiger partial charge in [-0.1, -0.05) is 32.0 Å². The van der Waals surface area contributed by atoms with Crippen molar-refractivity contribution in [3.05, 3.63) is 53.6 Å². The highest BCUT2D eigenvalue weighted by Crippen LogP contribution is 2.27. The van der Waals surface area contributed by atoms with E-state index in [-0.39, 0.29) is 0 Å². The van der Waals surface area contributed by atoms with E-state index in [1.807, 2.05) is 30.3 Å². The molecule has 0 aliphatic carbocycles. The molecule has 0 fully saturated rings. The molecule has 2 amide bonds. The molecular formula is C21H26N2O4. The average molecular weight is 370 g/mol. The van der Waals surface area contributed by atoms with E-state index in [1.165, 1.54) is 5.56 Å². The summed E-state index contributed by atoms with van der Waals surface area (Å²) >= 11 is 0. The lowest BCUT2D eigenvalue weighted by molar-refractivity contribution is -0.136. The molecule has 0 spiro atoms. The van der Waals surface area contributed by atoms with Gasteiger partial charge in [-0.15, -0.1) is 0 Å². The highest BCUT2D eigenvalue weighted by atomic mass is 16.5. The first-order chi connectivity index (χ1) is 12.9. The van der Waals surface area contributed by atoms with E-state index in [0.717, 1.165) is 5.56 Å². The Morgan fingerprint density at radius 2 is 1.59 bits per heavy atom. The minimum Gasteiger partial charge on any atom is -0.493 e. The van der Waals surface area contributed by atoms with E-state index in [0.29, 0.717) is 36.1 Å². The van der Waals surface area contributed by atoms with Crippen molar-refractivity contribution >= 4 is 17.5 Å². The summed E-state index contributed by atoms with van der Waals surface area (Å²) in [5.74, 6) is 0.342. The second kappa shape index (κ2) is 9.62. The molecule has 0 heterocycles. The fourth-order valence-corrected chi connectivity index (χ4v) is 2.58. The van der Waals surface area contributed by atoms with E-state index < -0.39 is 11.8 Å². The predicted octanol–water partition coefficient (Wildman–Crippen LogP) is 3.12. The number of amides is 2. The van der Waals surface area contributed by atoms with Crippen molar-refractivity contribution in [2.24, 2.45) is 0 Å². The third-order valence-electron chi connectivity index (χ3n) is 4.19. The van der Waals surface area contributed by atoms with Crippen LogP contribution in [0.25, 0.3) is 0 Å². The van der Waals surface area contributed by atoms with Crippen LogP contribution in [0.1, 0.15) is 30.9 Å². The van der Waals surface area contributed by atoms with Gasteiger partial charge in [0.1, 0.15) is 0 Å². The largest absolute Gasteiger partial charge is 0.493 e. The van der Waals surface area contributed by atoms with E-state index in [4.69, 9.17) is 9.47 Å². The molecule has 6 nitrogen and oxygen atoms in total. The fraction of sp³-hybridized carbons (Fsp3) is 0.333. The number of rotatable bonds is 7. The SMILES string of the molecule is COc1ccc(CCNC(=O)C(=O)Nc2ccc(C(C)C)cc2)cc1OC. The molecule has 0 aliphatic rings. The lowest BCUT2D eigenvalue weighted by atomic mass is 10.0. The fourth-order valence-electron chi connectivity index (χ4n) is 2.58. The Labute approximate surface area is 159 Å². The number of carbonyl (C=O) groups excluding carboxylic acids is 2. The van der Waals surface area contributed by atoms with Gasteiger partial charge in [0, 0.05) is 12.2 Å². The lowest BCUT2D eigenvalue weighted by Gasteiger charge is -2.10. The van der Waals surface area contributed by atoms with Crippen LogP contribution in [0.2, 0.25) is 0 Å². The summed E-state index contributed by atoms with van der Waals surface area (Å²) in [5, 5.41) is 5.23. The molecule has 6 heteroatoms. The van der Waals surface area contributed by atoms with Gasteiger partial charge < -0.3 is 20.1 Å². The Balaban J connectivity index is 1.83. The molecule has 2 aromatic rings. The molecule has 2 aromatic carbocycles. The molecule has 0 bridgehead atoms. The van der Waals surface area contributed by atoms with Crippen molar-refractivity contribution in [3.8, 4) is 11.5 Å². The maximum Gasteiger partial charge on any atom is 0.313 e. The molecule has 0 saturated heterocycles. The van der Waals surface area contributed by atoms with Crippen LogP contribution in [0, 0.1) is 0 Å². The van der Waals surface area contributed by atoms with Gasteiger partial charge in [-0.2, -0.15) is 0 Å². The molecule has 0 saturated carbocycles. The van der Waals surface area contributed by atoms with Crippen LogP contribution in [0.15, 0.2) is 42.5 Å². The van der Waals surface area contributed by atoms with Crippen LogP contribution in [-0.2, 0) is 16.0 Å². The van der Waals surface area contributed by atoms with Crippen molar-refractivity contribution < 1.29 is 19.1 Å². The molecule has 27 heavy (non-hydrogen) atoms. The summed E-state index contributed by atoms with van der Waals surface area (Å²) in [7, 11) is 3.15. The molecule has 2 N–H and O–H groups in total. The first-order valence-corrected chi connectivity index (χ1v) is 8.84. The van der Waals surface area contributed by atoms with E-state index in [9.17, 15) is 9.59 Å². The second-order valence-corrected chi connectivity index (χ2v) is 6.43. The minimum atomic E-state index is -0.681. The van der Waals surface area contributed by atoms with Gasteiger partial charge in [-0.05, 0) is 47.7 Å². The minimum absolute atomic E-state index is 0.341. The summed E-state index contributed by atoms with van der Waals surface area (Å²) in [5.41, 5.74) is 2.74. The van der Waals surface area contributed by atoms with E-state index in [1.54, 1.807) is 26.4 Å². The van der Waals surface area contributed by atoms with Crippen molar-refractivity contribution in [1.82, 2.24) is 5.32 Å². The van der Waals surface area contributed by atoms with Crippen LogP contribution in [0.3, 0.4) is 0 Å². The highest BCUT2D eigenvalue weighted by molar-refractivity contribution is 6.39. The first-order valence-electron chi connectivity index (χ1n) is 8.84. The third-order valence-corrected chi connectivity index (χ3v) is 4.19. The lowest BCUT2D eigenvalue weighted by Crippen LogP contribution is -2.36. The van der Waals surface area contributed by atoms with E-state index >= 15 is 0 Å². The molecular weight excluding hydrogens is 344 g/mol. The zero-order valence-electron chi connectivity index (χ0n) is 16.2. The number of nitrogens with one attached hydrogen (secondary N) is 2. The summed E-state index contributed by atoms with van der Waals surface area (Å²) in [4.78, 5) is 24.0. The number of methoxy groups -OCH3 is 2. The van der Waals surface area contributed by atoms with Crippen molar-refractivity contribution in [2.75, 3.05) is 26.1 Å². The molecule has 0 aliphatic heterocycles. The smallest absolute Gasteiger partial charge is 0.313 e. The summed E-state index contributed by atoms with van der Waals surface area (Å²) < 4.78 is 10.5. The maximum absolute atomic E-state index is 12.0. The molecule has 144 valence electrons. The van der Waals surface area contributed by atoms with Crippen LogP contribution in [0.5, 0.6) is 11.5 Å². The Kier molecular flexibility index (Phi) is 7.23. The van der Waals surface area contributed by atoms with Gasteiger partial charge in [-0.25, -0.2) is 0 Å². The third kappa shape index (κ3) is 5.74. The second-order valence-electron chi connectivity index (χ2n) is 6.43. The molecule has 0 aromatic heterocycles. The van der Waals surface area contributed by atoms with Crippen molar-refractivity contribution in [1.29, 1.82) is 0 Å². The number of anilines is 1. The quantitative estimate of drug-likeness (QED) is 0.734. The molecule has 0 atom stereocenters. The number of benzene rings is 2. The summed E-state index contributed by atoms with van der Waals surface area (Å²) in [6, 6.07) is 13.0. The van der Waals surface area contributed by atoms with Crippen molar-refractivity contribution in [3.63, 3.8) is 0 Å². The zero-order valence-corrected chi connectivity index (χ0v) is 16.2. The molecule has 2 rings (SSSR count). The summed E-state index contributed by atoms with van der Waals surface area (Å²) in [6.45, 7) is 4.53. The van der Waals surface area contributed by atoms with Crippen LogP contribution >= 0.6 is 0 Å². The standard InChI is InChI=1S/C21H26N2O4/c1-14(2)16-6-8-17(9-7-16)23-21(25)20(24)22-12-11-15-5-10-18(26-3)19(13-15)27-4/h5-10,13-14H,11-12H2,1-4H3,(H,22,24)(H,23,25). The number of carbonyl (C=O) groups is 2. The van der Waals surface area contributed by atoms with Crippen LogP contribution < -0.4 is 20.1 Å². The van der Waals surface area contributed by atoms with E-state index in [2.05, 4.69) is 24.5 Å². The monoisotopic (exact) mass is 370 g/mol. The first kappa shape index (κ1) is 20.3. The number of ether oxygens (including phenoxy) is 2. The number of hydrogen-bond acceptors (Lipinski definition) is 4. The Hall–Kier alpha value is -3.02. The van der Waals surface area contributed by atoms with Gasteiger partial charge >= 0.3 is 11.8 Å². The highest BCUT2D eigenvalue weighted by Gasteiger charge is 2.13. The predicted molar refractivity (Wildman–Crippen MR) is 105 cm³/mol. The van der Waals surface area contributed by atoms with Gasteiger partial charge in [0.2, 0.25) is 0 Å². The van der Waals surface area contributed by atoms with Gasteiger partial charge in [0.25, 0.3) is 0 Å². The average Bonchev–Trinajstić information content (AvgIpc) is 2.68.